The van der Waals surface area contributed by atoms with Crippen molar-refractivity contribution in [2.24, 2.45) is 0 Å². The number of hydrogen-bond acceptors (Lipinski definition) is 3. The molecule has 0 amide bonds. The fraction of sp³-hybridized carbons (Fsp3) is 0.115. The van der Waals surface area contributed by atoms with Gasteiger partial charge in [0.25, 0.3) is 0 Å². The van der Waals surface area contributed by atoms with Gasteiger partial charge in [0.2, 0.25) is 5.78 Å². The average Bonchev–Trinajstić information content (AvgIpc) is 2.79. The first kappa shape index (κ1) is 17.5. The Bertz CT molecular complexity index is 1180. The molecule has 0 atom stereocenters. The molecular weight excluding hydrogens is 356 g/mol. The maximum Gasteiger partial charge on any atom is 0.211 e. The van der Waals surface area contributed by atoms with Gasteiger partial charge in [-0.15, -0.1) is 0 Å². The lowest BCUT2D eigenvalue weighted by Crippen LogP contribution is -2.17. The summed E-state index contributed by atoms with van der Waals surface area (Å²) in [7, 11) is 0. The average molecular weight is 376 g/mol. The van der Waals surface area contributed by atoms with E-state index in [1.165, 1.54) is 5.56 Å². The molecule has 0 fully saturated rings. The minimum Gasteiger partial charge on any atom is -0.287 e. The minimum absolute atomic E-state index is 0.0297. The van der Waals surface area contributed by atoms with Gasteiger partial charge in [0.1, 0.15) is 11.5 Å². The molecule has 5 rings (SSSR count). The van der Waals surface area contributed by atoms with Gasteiger partial charge in [0.15, 0.2) is 0 Å². The van der Waals surface area contributed by atoms with Crippen molar-refractivity contribution in [3.05, 3.63) is 119 Å². The summed E-state index contributed by atoms with van der Waals surface area (Å²) in [5.74, 6) is 0.656. The van der Waals surface area contributed by atoms with E-state index in [9.17, 15) is 4.79 Å². The lowest BCUT2D eigenvalue weighted by atomic mass is 9.86. The molecule has 0 aliphatic heterocycles. The molecule has 4 aromatic rings. The van der Waals surface area contributed by atoms with Crippen LogP contribution in [0.15, 0.2) is 84.9 Å². The Hall–Kier alpha value is -3.59. The summed E-state index contributed by atoms with van der Waals surface area (Å²) in [6.07, 6.45) is 2.29. The summed E-state index contributed by atoms with van der Waals surface area (Å²) < 4.78 is 0. The number of aryl methyl sites for hydroxylation is 1. The molecule has 0 spiro atoms. The van der Waals surface area contributed by atoms with Crippen molar-refractivity contribution in [1.82, 2.24) is 9.97 Å². The highest BCUT2D eigenvalue weighted by Crippen LogP contribution is 2.34. The van der Waals surface area contributed by atoms with Gasteiger partial charge in [-0.2, -0.15) is 0 Å². The summed E-state index contributed by atoms with van der Waals surface area (Å²) in [6, 6.07) is 27.9. The van der Waals surface area contributed by atoms with Crippen molar-refractivity contribution in [1.29, 1.82) is 0 Å². The van der Waals surface area contributed by atoms with E-state index in [1.54, 1.807) is 0 Å². The van der Waals surface area contributed by atoms with Crippen LogP contribution in [0.3, 0.4) is 0 Å². The normalized spacial score (nSPS) is 12.1. The van der Waals surface area contributed by atoms with Crippen molar-refractivity contribution >= 4 is 5.78 Å². The van der Waals surface area contributed by atoms with Gasteiger partial charge in [-0.1, -0.05) is 84.9 Å². The molecule has 1 aliphatic rings. The summed E-state index contributed by atoms with van der Waals surface area (Å²) in [4.78, 5) is 23.0. The standard InChI is InChI=1S/C26H20N2O/c29-26(20-12-5-2-6-13-20)25-22-16-15-19-11-7-8-14-21(19)24(22)27-23(28-25)17-18-9-3-1-4-10-18/h1-14H,15-17H2. The zero-order valence-corrected chi connectivity index (χ0v) is 16.0. The lowest BCUT2D eigenvalue weighted by molar-refractivity contribution is 0.103. The van der Waals surface area contributed by atoms with Crippen LogP contribution in [0.4, 0.5) is 0 Å². The molecule has 0 unspecified atom stereocenters. The van der Waals surface area contributed by atoms with Gasteiger partial charge in [-0.3, -0.25) is 4.79 Å². The monoisotopic (exact) mass is 376 g/mol. The van der Waals surface area contributed by atoms with Crippen molar-refractivity contribution in [2.75, 3.05) is 0 Å². The number of rotatable bonds is 4. The Morgan fingerprint density at radius 1 is 0.759 bits per heavy atom. The fourth-order valence-electron chi connectivity index (χ4n) is 3.99. The molecule has 1 aromatic heterocycles. The smallest absolute Gasteiger partial charge is 0.211 e. The molecule has 3 heteroatoms. The highest BCUT2D eigenvalue weighted by molar-refractivity contribution is 6.09. The third-order valence-electron chi connectivity index (χ3n) is 5.43. The highest BCUT2D eigenvalue weighted by Gasteiger charge is 2.26. The molecule has 3 nitrogen and oxygen atoms in total. The third kappa shape index (κ3) is 3.36. The maximum atomic E-state index is 13.3. The Labute approximate surface area is 170 Å². The maximum absolute atomic E-state index is 13.3. The van der Waals surface area contributed by atoms with E-state index >= 15 is 0 Å². The Kier molecular flexibility index (Phi) is 4.49. The largest absolute Gasteiger partial charge is 0.287 e. The third-order valence-corrected chi connectivity index (χ3v) is 5.43. The Balaban J connectivity index is 1.68. The predicted molar refractivity (Wildman–Crippen MR) is 114 cm³/mol. The quantitative estimate of drug-likeness (QED) is 0.467. The first-order valence-corrected chi connectivity index (χ1v) is 9.91. The van der Waals surface area contributed by atoms with Gasteiger partial charge in [-0.25, -0.2) is 9.97 Å². The number of hydrogen-bond donors (Lipinski definition) is 0. The van der Waals surface area contributed by atoms with E-state index in [4.69, 9.17) is 9.97 Å². The molecule has 0 bridgehead atoms. The molecule has 1 aliphatic carbocycles. The van der Waals surface area contributed by atoms with Gasteiger partial charge in [0.05, 0.1) is 5.69 Å². The minimum atomic E-state index is -0.0297. The molecular formula is C26H20N2O. The number of benzene rings is 3. The molecule has 29 heavy (non-hydrogen) atoms. The lowest BCUT2D eigenvalue weighted by Gasteiger charge is -2.21. The van der Waals surface area contributed by atoms with Crippen LogP contribution >= 0.6 is 0 Å². The summed E-state index contributed by atoms with van der Waals surface area (Å²) in [5, 5.41) is 0. The first-order chi connectivity index (χ1) is 14.3. The van der Waals surface area contributed by atoms with Crippen LogP contribution in [0.25, 0.3) is 11.3 Å². The van der Waals surface area contributed by atoms with Gasteiger partial charge < -0.3 is 0 Å². The predicted octanol–water partition coefficient (Wildman–Crippen LogP) is 5.06. The molecule has 1 heterocycles. The zero-order chi connectivity index (χ0) is 19.6. The second-order valence-electron chi connectivity index (χ2n) is 7.33. The van der Waals surface area contributed by atoms with Crippen LogP contribution in [-0.2, 0) is 19.3 Å². The van der Waals surface area contributed by atoms with Crippen molar-refractivity contribution < 1.29 is 4.79 Å². The van der Waals surface area contributed by atoms with Crippen LogP contribution in [-0.4, -0.2) is 15.8 Å². The number of fused-ring (bicyclic) bond motifs is 3. The van der Waals surface area contributed by atoms with Crippen LogP contribution in [0.5, 0.6) is 0 Å². The van der Waals surface area contributed by atoms with Crippen LogP contribution < -0.4 is 0 Å². The van der Waals surface area contributed by atoms with Crippen LogP contribution in [0.1, 0.15) is 38.6 Å². The first-order valence-electron chi connectivity index (χ1n) is 9.91. The zero-order valence-electron chi connectivity index (χ0n) is 16.0. The van der Waals surface area contributed by atoms with E-state index in [0.29, 0.717) is 23.5 Å². The topological polar surface area (TPSA) is 42.9 Å². The Morgan fingerprint density at radius 2 is 1.45 bits per heavy atom. The summed E-state index contributed by atoms with van der Waals surface area (Å²) in [5.41, 5.74) is 6.62. The van der Waals surface area contributed by atoms with E-state index in [-0.39, 0.29) is 5.78 Å². The second-order valence-corrected chi connectivity index (χ2v) is 7.33. The molecule has 0 radical (unpaired) electrons. The van der Waals surface area contributed by atoms with Crippen molar-refractivity contribution in [2.45, 2.75) is 19.3 Å². The number of carbonyl (C=O) groups excluding carboxylic acids is 1. The van der Waals surface area contributed by atoms with Gasteiger partial charge in [0, 0.05) is 23.1 Å². The SMILES string of the molecule is O=C(c1ccccc1)c1nc(Cc2ccccc2)nc2c1CCc1ccccc1-2. The van der Waals surface area contributed by atoms with E-state index in [2.05, 4.69) is 30.3 Å². The van der Waals surface area contributed by atoms with Crippen LogP contribution in [0, 0.1) is 0 Å². The number of nitrogens with zero attached hydrogens (tertiary/aromatic N) is 2. The van der Waals surface area contributed by atoms with E-state index < -0.39 is 0 Å². The van der Waals surface area contributed by atoms with Gasteiger partial charge >= 0.3 is 0 Å². The molecule has 3 aromatic carbocycles. The number of ketones is 1. The Morgan fingerprint density at radius 3 is 2.24 bits per heavy atom. The molecule has 0 saturated heterocycles. The second kappa shape index (κ2) is 7.44. The van der Waals surface area contributed by atoms with Crippen molar-refractivity contribution in [3.63, 3.8) is 0 Å². The van der Waals surface area contributed by atoms with Crippen LogP contribution in [0.2, 0.25) is 0 Å². The van der Waals surface area contributed by atoms with E-state index in [1.807, 2.05) is 54.6 Å². The number of carbonyl (C=O) groups is 1. The molecule has 0 saturated carbocycles. The summed E-state index contributed by atoms with van der Waals surface area (Å²) in [6.45, 7) is 0. The van der Waals surface area contributed by atoms with E-state index in [0.717, 1.165) is 35.2 Å². The fourth-order valence-corrected chi connectivity index (χ4v) is 3.99. The van der Waals surface area contributed by atoms with Gasteiger partial charge in [-0.05, 0) is 24.0 Å². The molecule has 140 valence electrons. The van der Waals surface area contributed by atoms with Crippen molar-refractivity contribution in [3.8, 4) is 11.3 Å². The highest BCUT2D eigenvalue weighted by atomic mass is 16.1. The molecule has 0 N–H and O–H groups in total. The summed E-state index contributed by atoms with van der Waals surface area (Å²) >= 11 is 0. The number of aromatic nitrogens is 2.